The van der Waals surface area contributed by atoms with E-state index < -0.39 is 0 Å². The van der Waals surface area contributed by atoms with Crippen molar-refractivity contribution in [2.24, 2.45) is 4.99 Å². The predicted molar refractivity (Wildman–Crippen MR) is 40.7 cm³/mol. The second-order valence-corrected chi connectivity index (χ2v) is 2.41. The molecule has 1 aliphatic heterocycles. The van der Waals surface area contributed by atoms with E-state index in [-0.39, 0.29) is 0 Å². The highest BCUT2D eigenvalue weighted by molar-refractivity contribution is 5.60. The molecule has 0 aromatic heterocycles. The van der Waals surface area contributed by atoms with E-state index >= 15 is 0 Å². The molecule has 0 atom stereocenters. The van der Waals surface area contributed by atoms with Crippen LogP contribution in [0.2, 0.25) is 0 Å². The monoisotopic (exact) mass is 123 g/mol. The Bertz CT molecular complexity index is 134. The fourth-order valence-corrected chi connectivity index (χ4v) is 1.06. The summed E-state index contributed by atoms with van der Waals surface area (Å²) in [6, 6.07) is 0. The van der Waals surface area contributed by atoms with Gasteiger partial charge >= 0.3 is 0 Å². The maximum atomic E-state index is 4.09. The molecule has 0 spiro atoms. The van der Waals surface area contributed by atoms with Crippen LogP contribution < -0.4 is 0 Å². The Morgan fingerprint density at radius 3 is 3.11 bits per heavy atom. The van der Waals surface area contributed by atoms with Gasteiger partial charge in [-0.2, -0.15) is 0 Å². The summed E-state index contributed by atoms with van der Waals surface area (Å²) < 4.78 is 0. The van der Waals surface area contributed by atoms with Crippen molar-refractivity contribution in [3.8, 4) is 0 Å². The molecule has 0 N–H and O–H groups in total. The van der Waals surface area contributed by atoms with Crippen molar-refractivity contribution in [3.05, 3.63) is 11.8 Å². The first-order valence-electron chi connectivity index (χ1n) is 3.63. The first-order valence-corrected chi connectivity index (χ1v) is 3.63. The van der Waals surface area contributed by atoms with Crippen LogP contribution in [-0.4, -0.2) is 6.21 Å². The van der Waals surface area contributed by atoms with Crippen LogP contribution >= 0.6 is 0 Å². The van der Waals surface area contributed by atoms with E-state index in [9.17, 15) is 0 Å². The lowest BCUT2D eigenvalue weighted by atomic mass is 10.1. The second-order valence-electron chi connectivity index (χ2n) is 2.41. The molecule has 1 nitrogen and oxygen atoms in total. The SMILES string of the molecule is CCCC1=CN=CCC1. The standard InChI is InChI=1S/C8H13N/c1-2-4-8-5-3-6-9-7-8/h6-7H,2-5H2,1H3. The maximum absolute atomic E-state index is 4.09. The van der Waals surface area contributed by atoms with Crippen LogP contribution in [-0.2, 0) is 0 Å². The molecule has 0 fully saturated rings. The van der Waals surface area contributed by atoms with E-state index in [4.69, 9.17) is 0 Å². The lowest BCUT2D eigenvalue weighted by molar-refractivity contribution is 0.829. The summed E-state index contributed by atoms with van der Waals surface area (Å²) in [6.07, 6.45) is 8.86. The van der Waals surface area contributed by atoms with Crippen LogP contribution in [0.15, 0.2) is 16.8 Å². The zero-order valence-corrected chi connectivity index (χ0v) is 5.93. The van der Waals surface area contributed by atoms with Gasteiger partial charge in [0.1, 0.15) is 0 Å². The first-order chi connectivity index (χ1) is 4.43. The third-order valence-electron chi connectivity index (χ3n) is 1.53. The van der Waals surface area contributed by atoms with Gasteiger partial charge in [-0.1, -0.05) is 18.9 Å². The van der Waals surface area contributed by atoms with E-state index in [1.165, 1.54) is 24.8 Å². The normalized spacial score (nSPS) is 17.7. The molecule has 9 heavy (non-hydrogen) atoms. The van der Waals surface area contributed by atoms with Crippen LogP contribution in [0.4, 0.5) is 0 Å². The Hall–Kier alpha value is -0.590. The van der Waals surface area contributed by atoms with Gasteiger partial charge in [0.2, 0.25) is 0 Å². The first kappa shape index (κ1) is 6.53. The van der Waals surface area contributed by atoms with E-state index in [0.29, 0.717) is 0 Å². The lowest BCUT2D eigenvalue weighted by Gasteiger charge is -2.04. The van der Waals surface area contributed by atoms with Crippen molar-refractivity contribution in [1.29, 1.82) is 0 Å². The van der Waals surface area contributed by atoms with Gasteiger partial charge in [-0.3, -0.25) is 4.99 Å². The van der Waals surface area contributed by atoms with E-state index in [0.717, 1.165) is 6.42 Å². The summed E-state index contributed by atoms with van der Waals surface area (Å²) >= 11 is 0. The Morgan fingerprint density at radius 1 is 1.67 bits per heavy atom. The molecule has 1 rings (SSSR count). The zero-order valence-electron chi connectivity index (χ0n) is 5.93. The average Bonchev–Trinajstić information content (AvgIpc) is 1.91. The highest BCUT2D eigenvalue weighted by atomic mass is 14.7. The molecule has 0 aromatic rings. The van der Waals surface area contributed by atoms with E-state index in [2.05, 4.69) is 11.9 Å². The molecule has 0 saturated carbocycles. The van der Waals surface area contributed by atoms with Gasteiger partial charge in [0, 0.05) is 12.4 Å². The van der Waals surface area contributed by atoms with Crippen molar-refractivity contribution in [3.63, 3.8) is 0 Å². The Labute approximate surface area is 56.5 Å². The molecule has 50 valence electrons. The summed E-state index contributed by atoms with van der Waals surface area (Å²) in [5.41, 5.74) is 1.51. The molecule has 0 aromatic carbocycles. The smallest absolute Gasteiger partial charge is 0.0255 e. The quantitative estimate of drug-likeness (QED) is 0.535. The molecule has 0 bridgehead atoms. The minimum Gasteiger partial charge on any atom is -0.269 e. The number of hydrogen-bond donors (Lipinski definition) is 0. The summed E-state index contributed by atoms with van der Waals surface area (Å²) in [5.74, 6) is 0. The Balaban J connectivity index is 2.38. The highest BCUT2D eigenvalue weighted by Gasteiger charge is 1.96. The van der Waals surface area contributed by atoms with Crippen molar-refractivity contribution in [1.82, 2.24) is 0 Å². The predicted octanol–water partition coefficient (Wildman–Crippen LogP) is 2.54. The Morgan fingerprint density at radius 2 is 2.56 bits per heavy atom. The van der Waals surface area contributed by atoms with Crippen LogP contribution in [0.5, 0.6) is 0 Å². The number of hydrogen-bond acceptors (Lipinski definition) is 1. The number of rotatable bonds is 2. The minimum atomic E-state index is 1.14. The Kier molecular flexibility index (Phi) is 2.49. The molecule has 0 radical (unpaired) electrons. The highest BCUT2D eigenvalue weighted by Crippen LogP contribution is 2.13. The number of nitrogens with zero attached hydrogens (tertiary/aromatic N) is 1. The minimum absolute atomic E-state index is 1.14. The van der Waals surface area contributed by atoms with Crippen molar-refractivity contribution in [2.45, 2.75) is 32.6 Å². The van der Waals surface area contributed by atoms with Crippen molar-refractivity contribution in [2.75, 3.05) is 0 Å². The van der Waals surface area contributed by atoms with Crippen LogP contribution in [0.25, 0.3) is 0 Å². The van der Waals surface area contributed by atoms with E-state index in [1.807, 2.05) is 12.4 Å². The molecule has 0 unspecified atom stereocenters. The molecule has 0 amide bonds. The molecule has 0 saturated heterocycles. The molecule has 1 heterocycles. The van der Waals surface area contributed by atoms with Crippen LogP contribution in [0.1, 0.15) is 32.6 Å². The van der Waals surface area contributed by atoms with Crippen LogP contribution in [0.3, 0.4) is 0 Å². The number of allylic oxidation sites excluding steroid dienone is 1. The summed E-state index contributed by atoms with van der Waals surface area (Å²) in [5, 5.41) is 0. The van der Waals surface area contributed by atoms with Gasteiger partial charge < -0.3 is 0 Å². The van der Waals surface area contributed by atoms with Gasteiger partial charge in [-0.25, -0.2) is 0 Å². The second kappa shape index (κ2) is 3.44. The zero-order chi connectivity index (χ0) is 6.53. The number of aliphatic imine (C=N–C) groups is 1. The van der Waals surface area contributed by atoms with Crippen LogP contribution in [0, 0.1) is 0 Å². The summed E-state index contributed by atoms with van der Waals surface area (Å²) in [7, 11) is 0. The van der Waals surface area contributed by atoms with Gasteiger partial charge in [0.05, 0.1) is 0 Å². The van der Waals surface area contributed by atoms with Gasteiger partial charge in [0.15, 0.2) is 0 Å². The average molecular weight is 123 g/mol. The van der Waals surface area contributed by atoms with Gasteiger partial charge in [-0.05, 0) is 19.3 Å². The van der Waals surface area contributed by atoms with Gasteiger partial charge in [-0.15, -0.1) is 0 Å². The third-order valence-corrected chi connectivity index (χ3v) is 1.53. The molecule has 1 heteroatoms. The maximum Gasteiger partial charge on any atom is 0.0255 e. The van der Waals surface area contributed by atoms with Crippen molar-refractivity contribution < 1.29 is 0 Å². The summed E-state index contributed by atoms with van der Waals surface area (Å²) in [4.78, 5) is 4.09. The fraction of sp³-hybridized carbons (Fsp3) is 0.625. The largest absolute Gasteiger partial charge is 0.269 e. The van der Waals surface area contributed by atoms with Crippen molar-refractivity contribution >= 4 is 6.21 Å². The molecular weight excluding hydrogens is 110 g/mol. The lowest BCUT2D eigenvalue weighted by Crippen LogP contribution is -1.89. The fourth-order valence-electron chi connectivity index (χ4n) is 1.06. The van der Waals surface area contributed by atoms with E-state index in [1.54, 1.807) is 0 Å². The molecular formula is C8H13N. The third kappa shape index (κ3) is 2.00. The topological polar surface area (TPSA) is 12.4 Å². The molecule has 1 aliphatic rings. The van der Waals surface area contributed by atoms with Gasteiger partial charge in [0.25, 0.3) is 0 Å². The molecule has 0 aliphatic carbocycles. The summed E-state index contributed by atoms with van der Waals surface area (Å²) in [6.45, 7) is 2.21.